The van der Waals surface area contributed by atoms with E-state index in [1.165, 1.54) is 13.8 Å². The van der Waals surface area contributed by atoms with E-state index in [-0.39, 0.29) is 17.8 Å². The molecule has 0 spiro atoms. The summed E-state index contributed by atoms with van der Waals surface area (Å²) in [7, 11) is 0. The molecule has 2 rings (SSSR count). The second-order valence-electron chi connectivity index (χ2n) is 7.37. The zero-order chi connectivity index (χ0) is 18.5. The Morgan fingerprint density at radius 2 is 1.62 bits per heavy atom. The molecule has 2 saturated carbocycles. The molecule has 0 aromatic carbocycles. The van der Waals surface area contributed by atoms with Gasteiger partial charge in [-0.1, -0.05) is 18.6 Å². The van der Waals surface area contributed by atoms with Gasteiger partial charge in [-0.25, -0.2) is 0 Å². The van der Waals surface area contributed by atoms with Crippen LogP contribution in [0.5, 0.6) is 0 Å². The van der Waals surface area contributed by atoms with E-state index in [2.05, 4.69) is 4.74 Å². The van der Waals surface area contributed by atoms with E-state index in [4.69, 9.17) is 0 Å². The van der Waals surface area contributed by atoms with Crippen LogP contribution in [0.15, 0.2) is 11.6 Å². The van der Waals surface area contributed by atoms with Gasteiger partial charge in [0.15, 0.2) is 0 Å². The van der Waals surface area contributed by atoms with E-state index in [1.54, 1.807) is 6.92 Å². The van der Waals surface area contributed by atoms with Crippen molar-refractivity contribution in [3.05, 3.63) is 11.6 Å². The van der Waals surface area contributed by atoms with Crippen LogP contribution in [0.1, 0.15) is 47.0 Å². The summed E-state index contributed by atoms with van der Waals surface area (Å²) < 4.78 is 85.7. The van der Waals surface area contributed by atoms with Gasteiger partial charge in [-0.05, 0) is 63.7 Å². The highest BCUT2D eigenvalue weighted by Gasteiger charge is 2.73. The van der Waals surface area contributed by atoms with Gasteiger partial charge in [0.05, 0.1) is 6.10 Å². The lowest BCUT2D eigenvalue weighted by molar-refractivity contribution is -0.393. The van der Waals surface area contributed by atoms with Crippen molar-refractivity contribution in [3.63, 3.8) is 0 Å². The average molecular weight is 358 g/mol. The van der Waals surface area contributed by atoms with Crippen molar-refractivity contribution < 1.29 is 31.1 Å². The highest BCUT2D eigenvalue weighted by Crippen LogP contribution is 2.60. The summed E-state index contributed by atoms with van der Waals surface area (Å²) >= 11 is 0. The number of rotatable bonds is 4. The summed E-state index contributed by atoms with van der Waals surface area (Å²) in [5.41, 5.74) is -3.09. The summed E-state index contributed by atoms with van der Waals surface area (Å²) in [4.78, 5) is 0. The van der Waals surface area contributed by atoms with Crippen molar-refractivity contribution in [1.82, 2.24) is 0 Å². The fraction of sp³-hybridized carbons (Fsp3) is 0.882. The van der Waals surface area contributed by atoms with Gasteiger partial charge in [-0.3, -0.25) is 0 Å². The Bertz CT molecular complexity index is 476. The maximum Gasteiger partial charge on any atom is 0.426 e. The number of halogens is 6. The molecule has 0 aromatic rings. The number of allylic oxidation sites excluding steroid dienone is 2. The first-order valence-electron chi connectivity index (χ1n) is 8.31. The van der Waals surface area contributed by atoms with Gasteiger partial charge in [-0.2, -0.15) is 26.3 Å². The quantitative estimate of drug-likeness (QED) is 0.449. The van der Waals surface area contributed by atoms with E-state index >= 15 is 0 Å². The van der Waals surface area contributed by atoms with E-state index in [0.717, 1.165) is 5.57 Å². The van der Waals surface area contributed by atoms with Crippen LogP contribution in [-0.4, -0.2) is 24.1 Å². The Labute approximate surface area is 138 Å². The van der Waals surface area contributed by atoms with Gasteiger partial charge < -0.3 is 4.74 Å². The standard InChI is InChI=1S/C17H24F6O/c1-5-13-10(4)11-6-12(14(13)7-11)8-15(16(18,19)20,17(21,22)23)24-9(2)3/h5,9-12,14H,6-8H2,1-4H3. The number of hydrogen-bond acceptors (Lipinski definition) is 1. The SMILES string of the molecule is CC=C1C(C)C2CC(CC(OC(C)C)(C(F)(F)F)C(F)(F)F)C1C2. The molecule has 0 amide bonds. The Balaban J connectivity index is 2.37. The molecule has 0 aromatic heterocycles. The third-order valence-electron chi connectivity index (χ3n) is 5.63. The molecule has 4 atom stereocenters. The van der Waals surface area contributed by atoms with Crippen LogP contribution in [-0.2, 0) is 4.74 Å². The molecule has 2 bridgehead atoms. The molecule has 0 aliphatic heterocycles. The molecule has 2 aliphatic carbocycles. The third kappa shape index (κ3) is 3.08. The summed E-state index contributed by atoms with van der Waals surface area (Å²) in [6.07, 6.45) is -10.3. The minimum absolute atomic E-state index is 0.171. The van der Waals surface area contributed by atoms with E-state index in [1.807, 2.05) is 13.0 Å². The molecule has 0 saturated heterocycles. The second kappa shape index (κ2) is 6.22. The lowest BCUT2D eigenvalue weighted by Crippen LogP contribution is -2.61. The maximum atomic E-state index is 13.5. The van der Waals surface area contributed by atoms with Crippen molar-refractivity contribution in [1.29, 1.82) is 0 Å². The first-order valence-corrected chi connectivity index (χ1v) is 8.31. The molecule has 0 heterocycles. The van der Waals surface area contributed by atoms with Gasteiger partial charge in [0.2, 0.25) is 0 Å². The van der Waals surface area contributed by atoms with Gasteiger partial charge >= 0.3 is 12.4 Å². The first kappa shape index (κ1) is 19.6. The van der Waals surface area contributed by atoms with E-state index in [0.29, 0.717) is 12.8 Å². The monoisotopic (exact) mass is 358 g/mol. The minimum atomic E-state index is -5.50. The summed E-state index contributed by atoms with van der Waals surface area (Å²) in [6, 6.07) is 0. The Morgan fingerprint density at radius 1 is 1.08 bits per heavy atom. The summed E-state index contributed by atoms with van der Waals surface area (Å²) in [6.45, 7) is 6.20. The van der Waals surface area contributed by atoms with Crippen LogP contribution < -0.4 is 0 Å². The van der Waals surface area contributed by atoms with Gasteiger partial charge in [-0.15, -0.1) is 0 Å². The van der Waals surface area contributed by atoms with Gasteiger partial charge in [0.25, 0.3) is 5.60 Å². The summed E-state index contributed by atoms with van der Waals surface area (Å²) in [5, 5.41) is 0. The van der Waals surface area contributed by atoms with Gasteiger partial charge in [0, 0.05) is 0 Å². The lowest BCUT2D eigenvalue weighted by atomic mass is 9.74. The molecule has 2 fully saturated rings. The fourth-order valence-electron chi connectivity index (χ4n) is 4.64. The third-order valence-corrected chi connectivity index (χ3v) is 5.63. The van der Waals surface area contributed by atoms with Crippen LogP contribution in [0.4, 0.5) is 26.3 Å². The Kier molecular flexibility index (Phi) is 5.08. The first-order chi connectivity index (χ1) is 10.8. The molecule has 1 nitrogen and oxygen atoms in total. The van der Waals surface area contributed by atoms with Crippen LogP contribution in [0.25, 0.3) is 0 Å². The molecule has 7 heteroatoms. The molecular weight excluding hydrogens is 334 g/mol. The minimum Gasteiger partial charge on any atom is -0.355 e. The zero-order valence-corrected chi connectivity index (χ0v) is 14.3. The topological polar surface area (TPSA) is 9.23 Å². The fourth-order valence-corrected chi connectivity index (χ4v) is 4.64. The van der Waals surface area contributed by atoms with E-state index < -0.39 is 36.4 Å². The van der Waals surface area contributed by atoms with Crippen LogP contribution >= 0.6 is 0 Å². The highest BCUT2D eigenvalue weighted by atomic mass is 19.4. The maximum absolute atomic E-state index is 13.5. The summed E-state index contributed by atoms with van der Waals surface area (Å²) in [5.74, 6) is -0.438. The molecule has 0 radical (unpaired) electrons. The van der Waals surface area contributed by atoms with Crippen LogP contribution in [0, 0.1) is 23.7 Å². The lowest BCUT2D eigenvalue weighted by Gasteiger charge is -2.42. The van der Waals surface area contributed by atoms with Crippen molar-refractivity contribution in [2.24, 2.45) is 23.7 Å². The molecule has 2 aliphatic rings. The Morgan fingerprint density at radius 3 is 2.00 bits per heavy atom. The molecule has 0 N–H and O–H groups in total. The molecule has 4 unspecified atom stereocenters. The van der Waals surface area contributed by atoms with Crippen molar-refractivity contribution in [2.45, 2.75) is 71.0 Å². The number of ether oxygens (including phenoxy) is 1. The van der Waals surface area contributed by atoms with Gasteiger partial charge in [0.1, 0.15) is 0 Å². The van der Waals surface area contributed by atoms with Crippen molar-refractivity contribution in [3.8, 4) is 0 Å². The Hall–Kier alpha value is -0.720. The van der Waals surface area contributed by atoms with E-state index in [9.17, 15) is 26.3 Å². The molecule has 24 heavy (non-hydrogen) atoms. The van der Waals surface area contributed by atoms with Crippen LogP contribution in [0.3, 0.4) is 0 Å². The normalized spacial score (nSPS) is 33.0. The predicted molar refractivity (Wildman–Crippen MR) is 78.3 cm³/mol. The number of hydrogen-bond donors (Lipinski definition) is 0. The molecule has 140 valence electrons. The average Bonchev–Trinajstić information content (AvgIpc) is 2.92. The number of alkyl halides is 6. The largest absolute Gasteiger partial charge is 0.426 e. The van der Waals surface area contributed by atoms with Crippen LogP contribution in [0.2, 0.25) is 0 Å². The van der Waals surface area contributed by atoms with Crippen molar-refractivity contribution in [2.75, 3.05) is 0 Å². The predicted octanol–water partition coefficient (Wildman–Crippen LogP) is 5.90. The second-order valence-corrected chi connectivity index (χ2v) is 7.37. The smallest absolute Gasteiger partial charge is 0.355 e. The van der Waals surface area contributed by atoms with Crippen molar-refractivity contribution >= 4 is 0 Å². The number of fused-ring (bicyclic) bond motifs is 2. The molecular formula is C17H24F6O. The highest BCUT2D eigenvalue weighted by molar-refractivity contribution is 5.22. The zero-order valence-electron chi connectivity index (χ0n) is 14.3.